The molecule has 8 heteroatoms. The Morgan fingerprint density at radius 3 is 2.37 bits per heavy atom. The molecule has 0 fully saturated rings. The van der Waals surface area contributed by atoms with E-state index in [0.717, 1.165) is 11.8 Å². The molecule has 0 amide bonds. The molecule has 0 heterocycles. The lowest BCUT2D eigenvalue weighted by Gasteiger charge is -2.27. The minimum atomic E-state index is -3.54. The lowest BCUT2D eigenvalue weighted by molar-refractivity contribution is 0.0699. The van der Waals surface area contributed by atoms with E-state index in [1.54, 1.807) is 0 Å². The molecule has 0 aromatic heterocycles. The summed E-state index contributed by atoms with van der Waals surface area (Å²) in [6.07, 6.45) is 0.154. The molecule has 0 aliphatic carbocycles. The monoisotopic (exact) mass is 394 g/mol. The lowest BCUT2D eigenvalue weighted by atomic mass is 10.0. The van der Waals surface area contributed by atoms with Crippen LogP contribution in [0, 0.1) is 0 Å². The molecule has 0 radical (unpaired) electrons. The van der Waals surface area contributed by atoms with E-state index < -0.39 is 16.1 Å². The maximum Gasteiger partial charge on any atom is 0.229 e. The van der Waals surface area contributed by atoms with Crippen LogP contribution in [-0.4, -0.2) is 43.6 Å². The quantitative estimate of drug-likeness (QED) is 0.486. The van der Waals surface area contributed by atoms with Gasteiger partial charge in [-0.05, 0) is 17.7 Å². The normalized spacial score (nSPS) is 14.0. The van der Waals surface area contributed by atoms with E-state index in [-0.39, 0.29) is 30.1 Å². The van der Waals surface area contributed by atoms with E-state index in [4.69, 9.17) is 4.74 Å². The third-order valence-corrected chi connectivity index (χ3v) is 4.33. The van der Waals surface area contributed by atoms with Gasteiger partial charge in [0.2, 0.25) is 10.0 Å². The third-order valence-electron chi connectivity index (χ3n) is 3.74. The predicted octanol–water partition coefficient (Wildman–Crippen LogP) is 2.24. The van der Waals surface area contributed by atoms with Crippen molar-refractivity contribution in [3.63, 3.8) is 0 Å². The van der Waals surface area contributed by atoms with Crippen LogP contribution in [0.4, 0.5) is 5.69 Å². The molecule has 0 spiro atoms. The molecule has 0 saturated carbocycles. The highest BCUT2D eigenvalue weighted by atomic mass is 32.2. The van der Waals surface area contributed by atoms with E-state index in [9.17, 15) is 18.6 Å². The van der Waals surface area contributed by atoms with Crippen molar-refractivity contribution < 1.29 is 23.4 Å². The first-order chi connectivity index (χ1) is 12.7. The largest absolute Gasteiger partial charge is 0.506 e. The van der Waals surface area contributed by atoms with Crippen LogP contribution in [0.2, 0.25) is 0 Å². The van der Waals surface area contributed by atoms with Crippen molar-refractivity contribution in [3.8, 4) is 11.5 Å². The van der Waals surface area contributed by atoms with Crippen molar-refractivity contribution in [3.05, 3.63) is 54.1 Å². The molecule has 2 aromatic carbocycles. The lowest BCUT2D eigenvalue weighted by Crippen LogP contribution is -2.39. The first kappa shape index (κ1) is 21.0. The van der Waals surface area contributed by atoms with Crippen LogP contribution in [0.5, 0.6) is 11.5 Å². The number of aliphatic hydroxyl groups is 1. The molecule has 7 nitrogen and oxygen atoms in total. The summed E-state index contributed by atoms with van der Waals surface area (Å²) in [6.45, 7) is 3.97. The van der Waals surface area contributed by atoms with Gasteiger partial charge in [0, 0.05) is 12.1 Å². The number of rotatable bonds is 9. The SMILES string of the molecule is CC(C)NC(c1ccccc1)C(O)COc1ccc(O)c(NS(C)(=O)=O)c1. The van der Waals surface area contributed by atoms with E-state index in [1.807, 2.05) is 44.2 Å². The highest BCUT2D eigenvalue weighted by molar-refractivity contribution is 7.92. The Kier molecular flexibility index (Phi) is 7.06. The molecule has 0 bridgehead atoms. The minimum Gasteiger partial charge on any atom is -0.506 e. The van der Waals surface area contributed by atoms with E-state index in [1.165, 1.54) is 18.2 Å². The van der Waals surface area contributed by atoms with Gasteiger partial charge in [-0.2, -0.15) is 0 Å². The van der Waals surface area contributed by atoms with Gasteiger partial charge in [-0.25, -0.2) is 8.42 Å². The summed E-state index contributed by atoms with van der Waals surface area (Å²) < 4.78 is 30.6. The zero-order valence-electron chi connectivity index (χ0n) is 15.6. The second kappa shape index (κ2) is 9.07. The van der Waals surface area contributed by atoms with Crippen LogP contribution in [-0.2, 0) is 10.0 Å². The Bertz CT molecular complexity index is 840. The van der Waals surface area contributed by atoms with Gasteiger partial charge in [0.1, 0.15) is 24.2 Å². The standard InChI is InChI=1S/C19H26N2O5S/c1-13(2)20-19(14-7-5-4-6-8-14)18(23)12-26-15-9-10-17(22)16(11-15)21-27(3,24)25/h4-11,13,18-23H,12H2,1-3H3. The van der Waals surface area contributed by atoms with Gasteiger partial charge in [0.05, 0.1) is 18.0 Å². The van der Waals surface area contributed by atoms with E-state index in [2.05, 4.69) is 10.0 Å². The van der Waals surface area contributed by atoms with Crippen molar-refractivity contribution in [1.82, 2.24) is 5.32 Å². The second-order valence-electron chi connectivity index (χ2n) is 6.64. The van der Waals surface area contributed by atoms with Crippen LogP contribution < -0.4 is 14.8 Å². The van der Waals surface area contributed by atoms with Gasteiger partial charge in [-0.1, -0.05) is 44.2 Å². The number of aromatic hydroxyl groups is 1. The summed E-state index contributed by atoms with van der Waals surface area (Å²) in [7, 11) is -3.54. The summed E-state index contributed by atoms with van der Waals surface area (Å²) in [4.78, 5) is 0. The van der Waals surface area contributed by atoms with Crippen molar-refractivity contribution >= 4 is 15.7 Å². The average Bonchev–Trinajstić information content (AvgIpc) is 2.59. The van der Waals surface area contributed by atoms with Gasteiger partial charge in [0.15, 0.2) is 0 Å². The minimum absolute atomic E-state index is 0.0115. The average molecular weight is 394 g/mol. The number of anilines is 1. The number of benzene rings is 2. The first-order valence-corrected chi connectivity index (χ1v) is 10.5. The van der Waals surface area contributed by atoms with Crippen LogP contribution in [0.3, 0.4) is 0 Å². The third kappa shape index (κ3) is 6.74. The van der Waals surface area contributed by atoms with Gasteiger partial charge in [-0.3, -0.25) is 4.72 Å². The smallest absolute Gasteiger partial charge is 0.229 e. The Morgan fingerprint density at radius 1 is 1.11 bits per heavy atom. The summed E-state index contributed by atoms with van der Waals surface area (Å²) in [5.74, 6) is 0.117. The van der Waals surface area contributed by atoms with Crippen LogP contribution in [0.15, 0.2) is 48.5 Å². The van der Waals surface area contributed by atoms with Crippen LogP contribution in [0.1, 0.15) is 25.5 Å². The fourth-order valence-electron chi connectivity index (χ4n) is 2.61. The topological polar surface area (TPSA) is 108 Å². The molecular formula is C19H26N2O5S. The summed E-state index contributed by atoms with van der Waals surface area (Å²) >= 11 is 0. The highest BCUT2D eigenvalue weighted by Gasteiger charge is 2.22. The fourth-order valence-corrected chi connectivity index (χ4v) is 3.18. The molecule has 0 saturated heterocycles. The Hall–Kier alpha value is -2.29. The van der Waals surface area contributed by atoms with Crippen molar-refractivity contribution in [2.75, 3.05) is 17.6 Å². The molecule has 2 atom stereocenters. The molecule has 27 heavy (non-hydrogen) atoms. The zero-order valence-corrected chi connectivity index (χ0v) is 16.4. The van der Waals surface area contributed by atoms with Crippen LogP contribution in [0.25, 0.3) is 0 Å². The van der Waals surface area contributed by atoms with Gasteiger partial charge in [-0.15, -0.1) is 0 Å². The Morgan fingerprint density at radius 2 is 1.78 bits per heavy atom. The number of sulfonamides is 1. The van der Waals surface area contributed by atoms with Gasteiger partial charge < -0.3 is 20.3 Å². The first-order valence-electron chi connectivity index (χ1n) is 8.58. The zero-order chi connectivity index (χ0) is 20.0. The molecule has 0 aliphatic rings. The molecule has 0 aliphatic heterocycles. The van der Waals surface area contributed by atoms with Crippen molar-refractivity contribution in [1.29, 1.82) is 0 Å². The number of phenols is 1. The number of nitrogens with one attached hydrogen (secondary N) is 2. The fraction of sp³-hybridized carbons (Fsp3) is 0.368. The molecular weight excluding hydrogens is 368 g/mol. The van der Waals surface area contributed by atoms with Gasteiger partial charge in [0.25, 0.3) is 0 Å². The second-order valence-corrected chi connectivity index (χ2v) is 8.39. The highest BCUT2D eigenvalue weighted by Crippen LogP contribution is 2.29. The number of aliphatic hydroxyl groups excluding tert-OH is 1. The van der Waals surface area contributed by atoms with Crippen molar-refractivity contribution in [2.24, 2.45) is 0 Å². The van der Waals surface area contributed by atoms with Crippen molar-refractivity contribution in [2.45, 2.75) is 32.0 Å². The Labute approximate surface area is 160 Å². The van der Waals surface area contributed by atoms with Gasteiger partial charge >= 0.3 is 0 Å². The summed E-state index contributed by atoms with van der Waals surface area (Å²) in [5.41, 5.74) is 0.955. The molecule has 148 valence electrons. The number of phenolic OH excluding ortho intramolecular Hbond substituents is 1. The number of hydrogen-bond acceptors (Lipinski definition) is 6. The Balaban J connectivity index is 2.10. The molecule has 2 aromatic rings. The maximum atomic E-state index is 11.4. The van der Waals surface area contributed by atoms with E-state index >= 15 is 0 Å². The molecule has 2 rings (SSSR count). The van der Waals surface area contributed by atoms with Crippen LogP contribution >= 0.6 is 0 Å². The maximum absolute atomic E-state index is 11.4. The summed E-state index contributed by atoms with van der Waals surface area (Å²) in [5, 5.41) is 23.7. The molecule has 2 unspecified atom stereocenters. The van der Waals surface area contributed by atoms with E-state index in [0.29, 0.717) is 5.75 Å². The molecule has 4 N–H and O–H groups in total. The predicted molar refractivity (Wildman–Crippen MR) is 106 cm³/mol. The number of hydrogen-bond donors (Lipinski definition) is 4. The summed E-state index contributed by atoms with van der Waals surface area (Å²) in [6, 6.07) is 13.6. The number of ether oxygens (including phenoxy) is 1.